The molecule has 0 saturated carbocycles. The molecule has 3 rings (SSSR count). The fourth-order valence-corrected chi connectivity index (χ4v) is 3.71. The summed E-state index contributed by atoms with van der Waals surface area (Å²) in [6.07, 6.45) is 0. The van der Waals surface area contributed by atoms with Gasteiger partial charge in [0, 0.05) is 17.9 Å². The molecule has 0 saturated heterocycles. The number of aromatic nitrogens is 3. The Kier molecular flexibility index (Phi) is 4.82. The number of nitrogens with zero attached hydrogens (tertiary/aromatic N) is 3. The molecule has 1 heterocycles. The van der Waals surface area contributed by atoms with Crippen molar-refractivity contribution in [3.8, 4) is 11.4 Å². The second-order valence-electron chi connectivity index (χ2n) is 5.70. The van der Waals surface area contributed by atoms with Crippen LogP contribution in [0.2, 0.25) is 0 Å². The van der Waals surface area contributed by atoms with Crippen LogP contribution >= 0.6 is 11.8 Å². The maximum atomic E-state index is 4.40. The summed E-state index contributed by atoms with van der Waals surface area (Å²) in [5, 5.41) is 9.77. The lowest BCUT2D eigenvalue weighted by molar-refractivity contribution is 0.687. The Balaban J connectivity index is 1.82. The number of hydrogen-bond donors (Lipinski definition) is 0. The third kappa shape index (κ3) is 3.64. The van der Waals surface area contributed by atoms with Crippen LogP contribution in [-0.2, 0) is 12.3 Å². The van der Waals surface area contributed by atoms with Crippen molar-refractivity contribution < 1.29 is 0 Å². The molecular formula is C19H21N3S. The highest BCUT2D eigenvalue weighted by Crippen LogP contribution is 2.26. The van der Waals surface area contributed by atoms with Crippen molar-refractivity contribution in [2.24, 2.45) is 0 Å². The summed E-state index contributed by atoms with van der Waals surface area (Å²) in [5.41, 5.74) is 5.06. The van der Waals surface area contributed by atoms with E-state index in [1.54, 1.807) is 11.8 Å². The lowest BCUT2D eigenvalue weighted by Gasteiger charge is -2.08. The van der Waals surface area contributed by atoms with E-state index in [1.807, 2.05) is 18.2 Å². The molecular weight excluding hydrogens is 302 g/mol. The summed E-state index contributed by atoms with van der Waals surface area (Å²) in [7, 11) is 0. The fraction of sp³-hybridized carbons (Fsp3) is 0.263. The summed E-state index contributed by atoms with van der Waals surface area (Å²) < 4.78 is 2.18. The average Bonchev–Trinajstić information content (AvgIpc) is 2.96. The number of rotatable bonds is 5. The second-order valence-corrected chi connectivity index (χ2v) is 6.64. The molecule has 1 aromatic heterocycles. The van der Waals surface area contributed by atoms with Gasteiger partial charge < -0.3 is 4.57 Å². The zero-order valence-electron chi connectivity index (χ0n) is 13.8. The van der Waals surface area contributed by atoms with E-state index in [0.717, 1.165) is 28.8 Å². The van der Waals surface area contributed by atoms with Crippen molar-refractivity contribution >= 4 is 11.8 Å². The maximum absolute atomic E-state index is 4.40. The van der Waals surface area contributed by atoms with Gasteiger partial charge in [0.25, 0.3) is 0 Å². The van der Waals surface area contributed by atoms with Crippen molar-refractivity contribution in [1.29, 1.82) is 0 Å². The summed E-state index contributed by atoms with van der Waals surface area (Å²) in [5.74, 6) is 1.85. The summed E-state index contributed by atoms with van der Waals surface area (Å²) in [6.45, 7) is 7.29. The van der Waals surface area contributed by atoms with Gasteiger partial charge in [-0.05, 0) is 26.3 Å². The third-order valence-electron chi connectivity index (χ3n) is 3.71. The first-order chi connectivity index (χ1) is 11.2. The molecule has 4 heteroatoms. The van der Waals surface area contributed by atoms with Gasteiger partial charge in [-0.2, -0.15) is 0 Å². The number of thioether (sulfide) groups is 1. The van der Waals surface area contributed by atoms with E-state index in [2.05, 4.69) is 65.9 Å². The topological polar surface area (TPSA) is 30.7 Å². The predicted octanol–water partition coefficient (Wildman–Crippen LogP) is 4.87. The Morgan fingerprint density at radius 3 is 2.30 bits per heavy atom. The molecule has 0 aliphatic carbocycles. The van der Waals surface area contributed by atoms with Gasteiger partial charge in [0.05, 0.1) is 0 Å². The molecule has 0 amide bonds. The first-order valence-electron chi connectivity index (χ1n) is 7.86. The van der Waals surface area contributed by atoms with E-state index < -0.39 is 0 Å². The van der Waals surface area contributed by atoms with Gasteiger partial charge in [-0.25, -0.2) is 0 Å². The highest BCUT2D eigenvalue weighted by molar-refractivity contribution is 7.98. The molecule has 3 nitrogen and oxygen atoms in total. The maximum Gasteiger partial charge on any atom is 0.191 e. The zero-order chi connectivity index (χ0) is 16.2. The van der Waals surface area contributed by atoms with Crippen LogP contribution in [-0.4, -0.2) is 14.8 Å². The Bertz CT molecular complexity index is 773. The van der Waals surface area contributed by atoms with Crippen molar-refractivity contribution in [2.45, 2.75) is 38.2 Å². The van der Waals surface area contributed by atoms with Crippen molar-refractivity contribution in [2.75, 3.05) is 0 Å². The molecule has 0 fully saturated rings. The summed E-state index contributed by atoms with van der Waals surface area (Å²) >= 11 is 1.75. The minimum absolute atomic E-state index is 0.867. The normalized spacial score (nSPS) is 10.9. The van der Waals surface area contributed by atoms with E-state index in [9.17, 15) is 0 Å². The molecule has 0 N–H and O–H groups in total. The van der Waals surface area contributed by atoms with Gasteiger partial charge in [0.15, 0.2) is 11.0 Å². The summed E-state index contributed by atoms with van der Waals surface area (Å²) in [4.78, 5) is 0. The molecule has 2 aromatic carbocycles. The molecule has 0 aliphatic rings. The minimum Gasteiger partial charge on any atom is -0.302 e. The van der Waals surface area contributed by atoms with E-state index in [-0.39, 0.29) is 0 Å². The summed E-state index contributed by atoms with van der Waals surface area (Å²) in [6, 6.07) is 16.9. The molecule has 23 heavy (non-hydrogen) atoms. The third-order valence-corrected chi connectivity index (χ3v) is 4.75. The van der Waals surface area contributed by atoms with Gasteiger partial charge >= 0.3 is 0 Å². The van der Waals surface area contributed by atoms with Crippen LogP contribution in [0.5, 0.6) is 0 Å². The predicted molar refractivity (Wildman–Crippen MR) is 96.6 cm³/mol. The van der Waals surface area contributed by atoms with Gasteiger partial charge in [0.2, 0.25) is 0 Å². The van der Waals surface area contributed by atoms with Gasteiger partial charge in [-0.3, -0.25) is 0 Å². The van der Waals surface area contributed by atoms with Crippen LogP contribution in [0.1, 0.15) is 23.6 Å². The van der Waals surface area contributed by atoms with Gasteiger partial charge in [-0.1, -0.05) is 71.4 Å². The van der Waals surface area contributed by atoms with E-state index in [0.29, 0.717) is 0 Å². The lowest BCUT2D eigenvalue weighted by Crippen LogP contribution is -1.99. The first-order valence-corrected chi connectivity index (χ1v) is 8.84. The number of hydrogen-bond acceptors (Lipinski definition) is 3. The molecule has 0 atom stereocenters. The van der Waals surface area contributed by atoms with Gasteiger partial charge in [-0.15, -0.1) is 10.2 Å². The first kappa shape index (κ1) is 15.8. The smallest absolute Gasteiger partial charge is 0.191 e. The second kappa shape index (κ2) is 7.01. The van der Waals surface area contributed by atoms with Crippen molar-refractivity contribution in [1.82, 2.24) is 14.8 Å². The lowest BCUT2D eigenvalue weighted by atomic mass is 10.1. The van der Waals surface area contributed by atoms with E-state index >= 15 is 0 Å². The SMILES string of the molecule is CCn1c(SCc2cc(C)cc(C)c2)nnc1-c1ccccc1. The standard InChI is InChI=1S/C19H21N3S/c1-4-22-18(17-8-6-5-7-9-17)20-21-19(22)23-13-16-11-14(2)10-15(3)12-16/h5-12H,4,13H2,1-3H3. The van der Waals surface area contributed by atoms with Crippen LogP contribution in [0.25, 0.3) is 11.4 Å². The molecule has 3 aromatic rings. The van der Waals surface area contributed by atoms with Crippen LogP contribution in [0.3, 0.4) is 0 Å². The Morgan fingerprint density at radius 2 is 1.65 bits per heavy atom. The van der Waals surface area contributed by atoms with E-state index in [1.165, 1.54) is 16.7 Å². The average molecular weight is 323 g/mol. The van der Waals surface area contributed by atoms with E-state index in [4.69, 9.17) is 0 Å². The minimum atomic E-state index is 0.867. The highest BCUT2D eigenvalue weighted by Gasteiger charge is 2.13. The molecule has 0 unspecified atom stereocenters. The Hall–Kier alpha value is -2.07. The number of benzene rings is 2. The Morgan fingerprint density at radius 1 is 0.957 bits per heavy atom. The number of aryl methyl sites for hydroxylation is 2. The zero-order valence-corrected chi connectivity index (χ0v) is 14.6. The Labute approximate surface area is 141 Å². The monoisotopic (exact) mass is 323 g/mol. The molecule has 0 aliphatic heterocycles. The molecule has 118 valence electrons. The molecule has 0 bridgehead atoms. The van der Waals surface area contributed by atoms with Crippen LogP contribution in [0.4, 0.5) is 0 Å². The van der Waals surface area contributed by atoms with Crippen LogP contribution in [0.15, 0.2) is 53.7 Å². The van der Waals surface area contributed by atoms with Crippen molar-refractivity contribution in [3.63, 3.8) is 0 Å². The fourth-order valence-electron chi connectivity index (χ4n) is 2.78. The van der Waals surface area contributed by atoms with Gasteiger partial charge in [0.1, 0.15) is 0 Å². The van der Waals surface area contributed by atoms with Crippen LogP contribution in [0, 0.1) is 13.8 Å². The highest BCUT2D eigenvalue weighted by atomic mass is 32.2. The van der Waals surface area contributed by atoms with Crippen LogP contribution < -0.4 is 0 Å². The molecule has 0 radical (unpaired) electrons. The quantitative estimate of drug-likeness (QED) is 0.627. The molecule has 0 spiro atoms. The largest absolute Gasteiger partial charge is 0.302 e. The van der Waals surface area contributed by atoms with Crippen molar-refractivity contribution in [3.05, 3.63) is 65.2 Å².